The van der Waals surface area contributed by atoms with Gasteiger partial charge in [0.05, 0.1) is 46.5 Å². The Kier molecular flexibility index (Phi) is 4.05. The lowest BCUT2D eigenvalue weighted by Crippen LogP contribution is -2.33. The van der Waals surface area contributed by atoms with E-state index in [2.05, 4.69) is 37.0 Å². The van der Waals surface area contributed by atoms with Crippen molar-refractivity contribution in [3.63, 3.8) is 0 Å². The minimum atomic E-state index is -2.68. The molecule has 2 aliphatic rings. The minimum Gasteiger partial charge on any atom is -0.482 e. The predicted molar refractivity (Wildman–Crippen MR) is 131 cm³/mol. The molecule has 0 unspecified atom stereocenters. The normalized spacial score (nSPS) is 16.8. The molecule has 182 valence electrons. The Labute approximate surface area is 208 Å². The largest absolute Gasteiger partial charge is 0.482 e. The van der Waals surface area contributed by atoms with E-state index in [1.807, 2.05) is 0 Å². The number of nitrogens with two attached hydrogens (primary N) is 1. The molecule has 12 heteroatoms. The number of rotatable bonds is 4. The van der Waals surface area contributed by atoms with Crippen molar-refractivity contribution in [2.75, 3.05) is 24.2 Å². The highest BCUT2D eigenvalue weighted by molar-refractivity contribution is 5.97. The summed E-state index contributed by atoms with van der Waals surface area (Å²) in [5.74, 6) is -0.646. The average Bonchev–Trinajstić information content (AvgIpc) is 3.52. The average molecular weight is 491 g/mol. The van der Waals surface area contributed by atoms with E-state index in [4.69, 9.17) is 14.6 Å². The molecule has 4 aromatic rings. The minimum absolute atomic E-state index is 0.00397. The Morgan fingerprint density at radius 1 is 1.44 bits per heavy atom. The fraction of sp³-hybridized carbons (Fsp3) is 0.292. The number of aryl methyl sites for hydroxylation is 1. The van der Waals surface area contributed by atoms with Gasteiger partial charge in [-0.1, -0.05) is 0 Å². The Morgan fingerprint density at radius 2 is 2.28 bits per heavy atom. The summed E-state index contributed by atoms with van der Waals surface area (Å²) >= 11 is 0. The van der Waals surface area contributed by atoms with Gasteiger partial charge in [0, 0.05) is 41.7 Å². The molecule has 0 bridgehead atoms. The summed E-state index contributed by atoms with van der Waals surface area (Å²) in [7, 11) is 1.58. The lowest BCUT2D eigenvalue weighted by Gasteiger charge is -2.29. The first-order chi connectivity index (χ1) is 18.5. The van der Waals surface area contributed by atoms with Crippen molar-refractivity contribution in [2.24, 2.45) is 12.8 Å². The monoisotopic (exact) mass is 490 g/mol. The van der Waals surface area contributed by atoms with Crippen molar-refractivity contribution in [2.45, 2.75) is 25.0 Å². The number of hydrogen-bond acceptors (Lipinski definition) is 9. The van der Waals surface area contributed by atoms with Crippen LogP contribution in [0.4, 0.5) is 15.9 Å². The molecule has 0 radical (unpaired) electrons. The highest BCUT2D eigenvalue weighted by Crippen LogP contribution is 2.50. The van der Waals surface area contributed by atoms with Gasteiger partial charge >= 0.3 is 0 Å². The SMILES string of the molecule is [2H]C([2H])([2H])Nc1nc(-c2cnn(C)c2-c2c(F)cc3c(c2C#N)OC2(CC2)CN3)cc2c(CN)n[nH]c(=O)c12. The zero-order chi connectivity index (χ0) is 27.7. The van der Waals surface area contributed by atoms with Gasteiger partial charge in [0.1, 0.15) is 28.9 Å². The molecule has 1 aliphatic carbocycles. The molecular weight excluding hydrogens is 465 g/mol. The molecule has 3 aromatic heterocycles. The standard InChI is InChI=1S/C24H22FN9O2/c1-28-22-19-11(17(8-27)32-33-23(19)35)5-15(31-22)13-9-30-34(2)20(13)18-12(7-26)21-16(6-14(18)25)29-10-24(36-21)3-4-24/h5-6,9,29H,3-4,8,10,27H2,1-2H3,(H,28,31)(H,33,35)/i1D3. The number of hydrogen-bond donors (Lipinski definition) is 4. The van der Waals surface area contributed by atoms with Crippen LogP contribution in [0.3, 0.4) is 0 Å². The number of aromatic amines is 1. The summed E-state index contributed by atoms with van der Waals surface area (Å²) in [6.45, 7) is -2.22. The van der Waals surface area contributed by atoms with Crippen LogP contribution in [-0.4, -0.2) is 44.1 Å². The molecule has 1 aromatic carbocycles. The van der Waals surface area contributed by atoms with Gasteiger partial charge in [0.25, 0.3) is 5.56 Å². The number of pyridine rings is 1. The third kappa shape index (κ3) is 3.13. The topological polar surface area (TPSA) is 160 Å². The lowest BCUT2D eigenvalue weighted by atomic mass is 9.96. The lowest BCUT2D eigenvalue weighted by molar-refractivity contribution is 0.183. The fourth-order valence-corrected chi connectivity index (χ4v) is 4.68. The van der Waals surface area contributed by atoms with Gasteiger partial charge < -0.3 is 21.1 Å². The predicted octanol–water partition coefficient (Wildman–Crippen LogP) is 2.23. The fourth-order valence-electron chi connectivity index (χ4n) is 4.68. The molecule has 0 amide bonds. The summed E-state index contributed by atoms with van der Waals surface area (Å²) < 4.78 is 46.4. The molecule has 11 nitrogen and oxygen atoms in total. The first-order valence-electron chi connectivity index (χ1n) is 12.7. The van der Waals surface area contributed by atoms with Gasteiger partial charge in [-0.3, -0.25) is 9.48 Å². The van der Waals surface area contributed by atoms with Crippen LogP contribution in [0.5, 0.6) is 5.75 Å². The van der Waals surface area contributed by atoms with E-state index in [1.165, 1.54) is 23.0 Å². The number of anilines is 2. The molecule has 0 saturated heterocycles. The van der Waals surface area contributed by atoms with E-state index in [0.29, 0.717) is 17.9 Å². The third-order valence-corrected chi connectivity index (χ3v) is 6.68. The molecule has 36 heavy (non-hydrogen) atoms. The molecule has 1 saturated carbocycles. The van der Waals surface area contributed by atoms with Crippen molar-refractivity contribution < 1.29 is 13.2 Å². The Hall–Kier alpha value is -4.50. The maximum Gasteiger partial charge on any atom is 0.275 e. The highest BCUT2D eigenvalue weighted by atomic mass is 19.1. The first-order valence-corrected chi connectivity index (χ1v) is 11.2. The van der Waals surface area contributed by atoms with E-state index in [9.17, 15) is 10.1 Å². The number of aromatic nitrogens is 5. The summed E-state index contributed by atoms with van der Waals surface area (Å²) in [6.07, 6.45) is 3.07. The second kappa shape index (κ2) is 7.76. The molecule has 1 aliphatic heterocycles. The van der Waals surface area contributed by atoms with Crippen molar-refractivity contribution in [1.82, 2.24) is 25.0 Å². The van der Waals surface area contributed by atoms with E-state index in [1.54, 1.807) is 7.05 Å². The van der Waals surface area contributed by atoms with Crippen molar-refractivity contribution >= 4 is 22.3 Å². The molecule has 1 fully saturated rings. The zero-order valence-corrected chi connectivity index (χ0v) is 19.1. The maximum absolute atomic E-state index is 15.7. The maximum atomic E-state index is 15.7. The Balaban J connectivity index is 1.62. The zero-order valence-electron chi connectivity index (χ0n) is 22.1. The van der Waals surface area contributed by atoms with Crippen LogP contribution < -0.4 is 26.7 Å². The molecule has 5 N–H and O–H groups in total. The smallest absolute Gasteiger partial charge is 0.275 e. The summed E-state index contributed by atoms with van der Waals surface area (Å²) in [4.78, 5) is 17.1. The first kappa shape index (κ1) is 18.8. The van der Waals surface area contributed by atoms with Crippen LogP contribution in [0, 0.1) is 17.1 Å². The summed E-state index contributed by atoms with van der Waals surface area (Å²) in [5, 5.41) is 26.4. The van der Waals surface area contributed by atoms with Crippen molar-refractivity contribution in [3.05, 3.63) is 45.8 Å². The van der Waals surface area contributed by atoms with Crippen LogP contribution in [0.15, 0.2) is 23.1 Å². The molecule has 0 atom stereocenters. The number of nitrogens with zero attached hydrogens (tertiary/aromatic N) is 5. The summed E-state index contributed by atoms with van der Waals surface area (Å²) in [5.41, 5.74) is 6.08. The van der Waals surface area contributed by atoms with Crippen LogP contribution in [0.1, 0.15) is 28.2 Å². The number of H-pyrrole nitrogens is 1. The van der Waals surface area contributed by atoms with Gasteiger partial charge in [0.15, 0.2) is 5.75 Å². The number of halogens is 1. The number of ether oxygens (including phenoxy) is 1. The molecular formula is C24H22FN9O2. The van der Waals surface area contributed by atoms with E-state index < -0.39 is 24.0 Å². The van der Waals surface area contributed by atoms with Crippen LogP contribution in [0.25, 0.3) is 33.3 Å². The summed E-state index contributed by atoms with van der Waals surface area (Å²) in [6, 6.07) is 4.90. The second-order valence-corrected chi connectivity index (χ2v) is 8.87. The van der Waals surface area contributed by atoms with Gasteiger partial charge in [0.2, 0.25) is 0 Å². The van der Waals surface area contributed by atoms with Gasteiger partial charge in [-0.2, -0.15) is 15.5 Å². The van der Waals surface area contributed by atoms with Crippen LogP contribution in [-0.2, 0) is 13.6 Å². The number of nitriles is 1. The van der Waals surface area contributed by atoms with Crippen molar-refractivity contribution in [3.8, 4) is 34.3 Å². The van der Waals surface area contributed by atoms with Gasteiger partial charge in [-0.05, 0) is 18.9 Å². The van der Waals surface area contributed by atoms with Gasteiger partial charge in [-0.25, -0.2) is 14.5 Å². The van der Waals surface area contributed by atoms with E-state index in [-0.39, 0.29) is 57.0 Å². The second-order valence-electron chi connectivity index (χ2n) is 8.87. The number of fused-ring (bicyclic) bond motifs is 2. The highest BCUT2D eigenvalue weighted by Gasteiger charge is 2.49. The van der Waals surface area contributed by atoms with Crippen LogP contribution in [0.2, 0.25) is 0 Å². The quantitative estimate of drug-likeness (QED) is 0.336. The van der Waals surface area contributed by atoms with E-state index >= 15 is 4.39 Å². The van der Waals surface area contributed by atoms with E-state index in [0.717, 1.165) is 12.8 Å². The molecule has 4 heterocycles. The molecule has 6 rings (SSSR count). The number of benzene rings is 1. The number of nitrogens with one attached hydrogen (secondary N) is 3. The Bertz CT molecular complexity index is 1770. The van der Waals surface area contributed by atoms with Gasteiger partial charge in [-0.15, -0.1) is 0 Å². The van der Waals surface area contributed by atoms with Crippen molar-refractivity contribution in [1.29, 1.82) is 5.26 Å². The Morgan fingerprint density at radius 3 is 3.00 bits per heavy atom. The third-order valence-electron chi connectivity index (χ3n) is 6.68. The van der Waals surface area contributed by atoms with Crippen LogP contribution >= 0.6 is 0 Å². The molecule has 1 spiro atoms.